The van der Waals surface area contributed by atoms with Gasteiger partial charge in [0.15, 0.2) is 0 Å². The topological polar surface area (TPSA) is 29.5 Å². The Morgan fingerprint density at radius 3 is 2.67 bits per heavy atom. The molecule has 0 amide bonds. The lowest BCUT2D eigenvalue weighted by Crippen LogP contribution is -2.19. The van der Waals surface area contributed by atoms with Crippen LogP contribution in [-0.4, -0.2) is 38.1 Å². The van der Waals surface area contributed by atoms with Gasteiger partial charge >= 0.3 is 5.97 Å². The summed E-state index contributed by atoms with van der Waals surface area (Å²) < 4.78 is 4.89. The summed E-state index contributed by atoms with van der Waals surface area (Å²) in [4.78, 5) is 12.8. The van der Waals surface area contributed by atoms with Crippen LogP contribution < -0.4 is 0 Å². The normalized spacial score (nSPS) is 11.0. The molecule has 0 aliphatic rings. The fourth-order valence-electron chi connectivity index (χ4n) is 0.591. The lowest BCUT2D eigenvalue weighted by Gasteiger charge is -2.08. The third-order valence-electron chi connectivity index (χ3n) is 1.27. The van der Waals surface area contributed by atoms with E-state index in [0.717, 1.165) is 13.0 Å². The number of carbonyl (C=O) groups excluding carboxylic acids is 1. The van der Waals surface area contributed by atoms with Crippen LogP contribution in [0.5, 0.6) is 0 Å². The van der Waals surface area contributed by atoms with Gasteiger partial charge in [-0.05, 0) is 20.5 Å². The third-order valence-corrected chi connectivity index (χ3v) is 1.27. The van der Waals surface area contributed by atoms with Crippen LogP contribution in [0.4, 0.5) is 0 Å². The van der Waals surface area contributed by atoms with E-state index in [1.807, 2.05) is 25.9 Å². The largest absolute Gasteiger partial charge is 0.461 e. The lowest BCUT2D eigenvalue weighted by atomic mass is 10.4. The Morgan fingerprint density at radius 2 is 2.17 bits per heavy atom. The number of nitrogens with zero attached hydrogens (tertiary/aromatic N) is 1. The molecule has 70 valence electrons. The predicted octanol–water partition coefficient (Wildman–Crippen LogP) is 1.06. The molecule has 0 atom stereocenters. The molecule has 0 bridgehead atoms. The molecule has 0 aromatic heterocycles. The zero-order valence-electron chi connectivity index (χ0n) is 8.04. The fraction of sp³-hybridized carbons (Fsp3) is 0.667. The van der Waals surface area contributed by atoms with Crippen LogP contribution in [-0.2, 0) is 9.53 Å². The van der Waals surface area contributed by atoms with E-state index in [9.17, 15) is 4.79 Å². The molecular formula is C9H17NO2. The number of allylic oxidation sites excluding steroid dienone is 1. The zero-order chi connectivity index (χ0) is 9.40. The molecule has 0 heterocycles. The maximum absolute atomic E-state index is 10.9. The molecule has 0 aromatic carbocycles. The van der Waals surface area contributed by atoms with Crippen molar-refractivity contribution >= 4 is 5.97 Å². The molecule has 0 saturated heterocycles. The fourth-order valence-corrected chi connectivity index (χ4v) is 0.591. The minimum Gasteiger partial charge on any atom is -0.461 e. The van der Waals surface area contributed by atoms with Gasteiger partial charge in [-0.25, -0.2) is 4.79 Å². The molecule has 0 radical (unpaired) electrons. The van der Waals surface area contributed by atoms with Crippen LogP contribution in [0.25, 0.3) is 0 Å². The Balaban J connectivity index is 3.38. The summed E-state index contributed by atoms with van der Waals surface area (Å²) in [5, 5.41) is 0. The maximum atomic E-state index is 10.9. The van der Waals surface area contributed by atoms with Crippen LogP contribution in [0.15, 0.2) is 12.2 Å². The Hall–Kier alpha value is -0.830. The molecule has 0 N–H and O–H groups in total. The predicted molar refractivity (Wildman–Crippen MR) is 48.9 cm³/mol. The highest BCUT2D eigenvalue weighted by Gasteiger charge is 1.95. The van der Waals surface area contributed by atoms with Crippen molar-refractivity contribution in [3.63, 3.8) is 0 Å². The van der Waals surface area contributed by atoms with E-state index < -0.39 is 0 Å². The molecular weight excluding hydrogens is 154 g/mol. The Labute approximate surface area is 74.0 Å². The highest BCUT2D eigenvalue weighted by Crippen LogP contribution is 1.85. The Morgan fingerprint density at radius 1 is 1.50 bits per heavy atom. The van der Waals surface area contributed by atoms with E-state index in [2.05, 4.69) is 0 Å². The van der Waals surface area contributed by atoms with Crippen LogP contribution in [0.1, 0.15) is 13.3 Å². The second kappa shape index (κ2) is 6.85. The van der Waals surface area contributed by atoms with E-state index >= 15 is 0 Å². The number of likely N-dealkylation sites (N-methyl/N-ethyl adjacent to an activating group) is 1. The van der Waals surface area contributed by atoms with E-state index in [0.29, 0.717) is 6.61 Å². The quantitative estimate of drug-likeness (QED) is 0.457. The van der Waals surface area contributed by atoms with E-state index in [4.69, 9.17) is 4.74 Å². The highest BCUT2D eigenvalue weighted by atomic mass is 16.5. The minimum absolute atomic E-state index is 0.251. The van der Waals surface area contributed by atoms with Crippen molar-refractivity contribution in [3.8, 4) is 0 Å². The van der Waals surface area contributed by atoms with Gasteiger partial charge in [-0.15, -0.1) is 0 Å². The maximum Gasteiger partial charge on any atom is 0.330 e. The van der Waals surface area contributed by atoms with E-state index in [1.54, 1.807) is 6.08 Å². The van der Waals surface area contributed by atoms with Gasteiger partial charge in [0, 0.05) is 12.6 Å². The molecule has 0 rings (SSSR count). The van der Waals surface area contributed by atoms with Crippen LogP contribution in [0.2, 0.25) is 0 Å². The molecule has 0 unspecified atom stereocenters. The number of rotatable bonds is 5. The molecule has 0 aromatic rings. The van der Waals surface area contributed by atoms with Gasteiger partial charge in [-0.3, -0.25) is 0 Å². The summed E-state index contributed by atoms with van der Waals surface area (Å²) in [6, 6.07) is 0. The molecule has 0 fully saturated rings. The first-order chi connectivity index (χ1) is 5.66. The van der Waals surface area contributed by atoms with Crippen molar-refractivity contribution in [2.24, 2.45) is 0 Å². The minimum atomic E-state index is -0.251. The van der Waals surface area contributed by atoms with Crippen molar-refractivity contribution in [1.29, 1.82) is 0 Å². The van der Waals surface area contributed by atoms with Crippen LogP contribution >= 0.6 is 0 Å². The third kappa shape index (κ3) is 7.28. The first-order valence-electron chi connectivity index (χ1n) is 4.14. The lowest BCUT2D eigenvalue weighted by molar-refractivity contribution is -0.138. The molecule has 3 heteroatoms. The van der Waals surface area contributed by atoms with Gasteiger partial charge in [-0.2, -0.15) is 0 Å². The summed E-state index contributed by atoms with van der Waals surface area (Å²) >= 11 is 0. The summed E-state index contributed by atoms with van der Waals surface area (Å²) in [5.41, 5.74) is 0. The van der Waals surface area contributed by atoms with E-state index in [-0.39, 0.29) is 5.97 Å². The van der Waals surface area contributed by atoms with Crippen molar-refractivity contribution in [2.75, 3.05) is 27.2 Å². The number of carbonyl (C=O) groups is 1. The molecule has 0 spiro atoms. The average molecular weight is 171 g/mol. The second-order valence-electron chi connectivity index (χ2n) is 2.78. The SMILES string of the molecule is CCC=CC(=O)OCCN(C)C. The van der Waals surface area contributed by atoms with Gasteiger partial charge in [0.05, 0.1) is 0 Å². The molecule has 12 heavy (non-hydrogen) atoms. The first kappa shape index (κ1) is 11.2. The molecule has 3 nitrogen and oxygen atoms in total. The van der Waals surface area contributed by atoms with Gasteiger partial charge in [0.2, 0.25) is 0 Å². The molecule has 0 aliphatic heterocycles. The average Bonchev–Trinajstić information content (AvgIpc) is 2.00. The summed E-state index contributed by atoms with van der Waals surface area (Å²) in [5.74, 6) is -0.251. The smallest absolute Gasteiger partial charge is 0.330 e. The van der Waals surface area contributed by atoms with Crippen LogP contribution in [0, 0.1) is 0 Å². The molecule has 0 aliphatic carbocycles. The van der Waals surface area contributed by atoms with Gasteiger partial charge in [0.25, 0.3) is 0 Å². The van der Waals surface area contributed by atoms with E-state index in [1.165, 1.54) is 6.08 Å². The first-order valence-corrected chi connectivity index (χ1v) is 4.14. The number of hydrogen-bond acceptors (Lipinski definition) is 3. The molecule has 0 saturated carbocycles. The summed E-state index contributed by atoms with van der Waals surface area (Å²) in [6.07, 6.45) is 4.12. The summed E-state index contributed by atoms with van der Waals surface area (Å²) in [6.45, 7) is 3.20. The van der Waals surface area contributed by atoms with Crippen molar-refractivity contribution in [2.45, 2.75) is 13.3 Å². The van der Waals surface area contributed by atoms with Crippen molar-refractivity contribution in [3.05, 3.63) is 12.2 Å². The van der Waals surface area contributed by atoms with Crippen molar-refractivity contribution in [1.82, 2.24) is 4.90 Å². The van der Waals surface area contributed by atoms with Gasteiger partial charge in [0.1, 0.15) is 6.61 Å². The Bertz CT molecular complexity index is 153. The van der Waals surface area contributed by atoms with Crippen molar-refractivity contribution < 1.29 is 9.53 Å². The summed E-state index contributed by atoms with van der Waals surface area (Å²) in [7, 11) is 3.88. The van der Waals surface area contributed by atoms with Gasteiger partial charge in [-0.1, -0.05) is 13.0 Å². The standard InChI is InChI=1S/C9H17NO2/c1-4-5-6-9(11)12-8-7-10(2)3/h5-6H,4,7-8H2,1-3H3. The monoisotopic (exact) mass is 171 g/mol. The second-order valence-corrected chi connectivity index (χ2v) is 2.78. The number of hydrogen-bond donors (Lipinski definition) is 0. The highest BCUT2D eigenvalue weighted by molar-refractivity contribution is 5.81. The van der Waals surface area contributed by atoms with Crippen LogP contribution in [0.3, 0.4) is 0 Å². The van der Waals surface area contributed by atoms with Gasteiger partial charge < -0.3 is 9.64 Å². The Kier molecular flexibility index (Phi) is 6.38. The zero-order valence-corrected chi connectivity index (χ0v) is 8.04. The number of esters is 1. The number of ether oxygens (including phenoxy) is 1.